The Kier molecular flexibility index (Phi) is 11.6. The minimum absolute atomic E-state index is 0.321. The van der Waals surface area contributed by atoms with E-state index in [2.05, 4.69) is 11.8 Å². The molecule has 2 N–H and O–H groups in total. The molecule has 0 heterocycles. The molecule has 2 saturated carbocycles. The van der Waals surface area contributed by atoms with Gasteiger partial charge in [0.2, 0.25) is 0 Å². The van der Waals surface area contributed by atoms with Gasteiger partial charge in [-0.1, -0.05) is 11.8 Å². The molecule has 0 spiro atoms. The van der Waals surface area contributed by atoms with Crippen molar-refractivity contribution in [2.24, 2.45) is 11.8 Å². The van der Waals surface area contributed by atoms with Gasteiger partial charge in [0.1, 0.15) is 13.2 Å². The highest BCUT2D eigenvalue weighted by atomic mass is 16.5. The number of rotatable bonds is 6. The van der Waals surface area contributed by atoms with Gasteiger partial charge in [-0.25, -0.2) is 0 Å². The van der Waals surface area contributed by atoms with Crippen LogP contribution in [0, 0.1) is 36.5 Å². The van der Waals surface area contributed by atoms with E-state index in [9.17, 15) is 0 Å². The highest BCUT2D eigenvalue weighted by molar-refractivity contribution is 4.85. The number of hydrogen-bond donors (Lipinski definition) is 2. The van der Waals surface area contributed by atoms with Gasteiger partial charge in [-0.15, -0.1) is 12.8 Å². The Morgan fingerprint density at radius 1 is 0.667 bits per heavy atom. The van der Waals surface area contributed by atoms with Crippen LogP contribution < -0.4 is 0 Å². The summed E-state index contributed by atoms with van der Waals surface area (Å²) in [6.45, 7) is 1.49. The smallest absolute Gasteiger partial charge is 0.107 e. The van der Waals surface area contributed by atoms with E-state index < -0.39 is 0 Å². The summed E-state index contributed by atoms with van der Waals surface area (Å²) in [5, 5.41) is 17.8. The normalized spacial score (nSPS) is 29.7. The lowest BCUT2D eigenvalue weighted by Gasteiger charge is -2.26. The van der Waals surface area contributed by atoms with Gasteiger partial charge >= 0.3 is 0 Å². The largest absolute Gasteiger partial charge is 0.396 e. The van der Waals surface area contributed by atoms with Gasteiger partial charge in [0.05, 0.1) is 12.2 Å². The molecule has 4 heteroatoms. The zero-order valence-corrected chi connectivity index (χ0v) is 14.7. The average Bonchev–Trinajstić information content (AvgIpc) is 2.66. The third-order valence-electron chi connectivity index (χ3n) is 4.91. The molecule has 0 bridgehead atoms. The van der Waals surface area contributed by atoms with Crippen LogP contribution >= 0.6 is 0 Å². The standard InChI is InChI=1S/2C10H16O2/c2*1-2-7-12-10-5-3-9(8-11)4-6-10/h2*1,9-11H,3-8H2. The molecule has 0 aromatic carbocycles. The van der Waals surface area contributed by atoms with Crippen LogP contribution in [0.25, 0.3) is 0 Å². The summed E-state index contributed by atoms with van der Waals surface area (Å²) in [5.41, 5.74) is 0. The summed E-state index contributed by atoms with van der Waals surface area (Å²) in [7, 11) is 0. The fourth-order valence-electron chi connectivity index (χ4n) is 3.29. The van der Waals surface area contributed by atoms with Gasteiger partial charge in [-0.3, -0.25) is 0 Å². The van der Waals surface area contributed by atoms with E-state index in [0.29, 0.717) is 50.5 Å². The molecule has 0 aromatic rings. The van der Waals surface area contributed by atoms with E-state index >= 15 is 0 Å². The minimum Gasteiger partial charge on any atom is -0.396 e. The SMILES string of the molecule is C#CCOC1CCC(CO)CC1.C#CCOC1CCC(CO)CC1. The molecule has 0 saturated heterocycles. The van der Waals surface area contributed by atoms with E-state index in [4.69, 9.17) is 32.5 Å². The molecule has 24 heavy (non-hydrogen) atoms. The predicted molar refractivity (Wildman–Crippen MR) is 95.2 cm³/mol. The van der Waals surface area contributed by atoms with Crippen LogP contribution in [-0.2, 0) is 9.47 Å². The van der Waals surface area contributed by atoms with Crippen LogP contribution in [0.3, 0.4) is 0 Å². The number of hydrogen-bond acceptors (Lipinski definition) is 4. The third-order valence-corrected chi connectivity index (χ3v) is 4.91. The Hall–Kier alpha value is -1.04. The molecule has 136 valence electrons. The van der Waals surface area contributed by atoms with Crippen LogP contribution in [0.1, 0.15) is 51.4 Å². The van der Waals surface area contributed by atoms with Crippen molar-refractivity contribution >= 4 is 0 Å². The van der Waals surface area contributed by atoms with E-state index in [-0.39, 0.29) is 0 Å². The van der Waals surface area contributed by atoms with E-state index in [0.717, 1.165) is 51.4 Å². The first-order chi connectivity index (χ1) is 11.7. The summed E-state index contributed by atoms with van der Waals surface area (Å²) in [6.07, 6.45) is 19.3. The van der Waals surface area contributed by atoms with E-state index in [1.807, 2.05) is 0 Å². The fourth-order valence-corrected chi connectivity index (χ4v) is 3.29. The molecule has 0 atom stereocenters. The monoisotopic (exact) mass is 336 g/mol. The van der Waals surface area contributed by atoms with Crippen LogP contribution in [0.2, 0.25) is 0 Å². The van der Waals surface area contributed by atoms with Crippen molar-refractivity contribution in [1.82, 2.24) is 0 Å². The topological polar surface area (TPSA) is 58.9 Å². The first-order valence-corrected chi connectivity index (χ1v) is 9.05. The fraction of sp³-hybridized carbons (Fsp3) is 0.800. The average molecular weight is 336 g/mol. The number of terminal acetylenes is 2. The van der Waals surface area contributed by atoms with E-state index in [1.165, 1.54) is 0 Å². The van der Waals surface area contributed by atoms with Crippen molar-refractivity contribution in [3.63, 3.8) is 0 Å². The van der Waals surface area contributed by atoms with Gasteiger partial charge in [0.15, 0.2) is 0 Å². The van der Waals surface area contributed by atoms with Crippen molar-refractivity contribution in [3.05, 3.63) is 0 Å². The van der Waals surface area contributed by atoms with Crippen molar-refractivity contribution in [2.75, 3.05) is 26.4 Å². The first-order valence-electron chi connectivity index (χ1n) is 9.05. The third kappa shape index (κ3) is 8.71. The van der Waals surface area contributed by atoms with Crippen LogP contribution in [0.15, 0.2) is 0 Å². The van der Waals surface area contributed by atoms with Crippen LogP contribution in [0.5, 0.6) is 0 Å². The number of aliphatic hydroxyl groups is 2. The van der Waals surface area contributed by atoms with Gasteiger partial charge in [0, 0.05) is 13.2 Å². The van der Waals surface area contributed by atoms with Crippen molar-refractivity contribution in [3.8, 4) is 24.7 Å². The minimum atomic E-state index is 0.321. The Labute approximate surface area is 146 Å². The van der Waals surface area contributed by atoms with Crippen molar-refractivity contribution in [1.29, 1.82) is 0 Å². The first kappa shape index (κ1) is 21.0. The van der Waals surface area contributed by atoms with Gasteiger partial charge < -0.3 is 19.7 Å². The second-order valence-corrected chi connectivity index (χ2v) is 6.68. The Morgan fingerprint density at radius 3 is 1.25 bits per heavy atom. The Bertz CT molecular complexity index is 341. The molecule has 0 aromatic heterocycles. The highest BCUT2D eigenvalue weighted by Gasteiger charge is 2.21. The molecule has 0 aliphatic heterocycles. The van der Waals surface area contributed by atoms with Crippen molar-refractivity contribution in [2.45, 2.75) is 63.6 Å². The molecular weight excluding hydrogens is 304 g/mol. The second-order valence-electron chi connectivity index (χ2n) is 6.68. The molecule has 0 amide bonds. The zero-order valence-electron chi connectivity index (χ0n) is 14.7. The van der Waals surface area contributed by atoms with Gasteiger partial charge in [-0.05, 0) is 63.2 Å². The molecular formula is C20H32O4. The van der Waals surface area contributed by atoms with Gasteiger partial charge in [0.25, 0.3) is 0 Å². The second kappa shape index (κ2) is 13.3. The summed E-state index contributed by atoms with van der Waals surface area (Å²) in [6, 6.07) is 0. The maximum Gasteiger partial charge on any atom is 0.107 e. The molecule has 2 fully saturated rings. The number of ether oxygens (including phenoxy) is 2. The quantitative estimate of drug-likeness (QED) is 0.731. The molecule has 0 radical (unpaired) electrons. The lowest BCUT2D eigenvalue weighted by molar-refractivity contribution is 0.0287. The van der Waals surface area contributed by atoms with Crippen molar-refractivity contribution < 1.29 is 19.7 Å². The molecule has 0 unspecified atom stereocenters. The van der Waals surface area contributed by atoms with Crippen LogP contribution in [-0.4, -0.2) is 48.8 Å². The number of aliphatic hydroxyl groups excluding tert-OH is 2. The lowest BCUT2D eigenvalue weighted by Crippen LogP contribution is -2.23. The molecule has 2 aliphatic rings. The molecule has 2 aliphatic carbocycles. The Balaban J connectivity index is 0.000000240. The zero-order chi connectivity index (χ0) is 17.6. The summed E-state index contributed by atoms with van der Waals surface area (Å²) in [4.78, 5) is 0. The molecule has 4 nitrogen and oxygen atoms in total. The summed E-state index contributed by atoms with van der Waals surface area (Å²) < 4.78 is 10.8. The summed E-state index contributed by atoms with van der Waals surface area (Å²) >= 11 is 0. The van der Waals surface area contributed by atoms with Gasteiger partial charge in [-0.2, -0.15) is 0 Å². The highest BCUT2D eigenvalue weighted by Crippen LogP contribution is 2.26. The molecule has 2 rings (SSSR count). The maximum atomic E-state index is 8.88. The predicted octanol–water partition coefficient (Wildman–Crippen LogP) is 2.37. The van der Waals surface area contributed by atoms with Crippen LogP contribution in [0.4, 0.5) is 0 Å². The summed E-state index contributed by atoms with van der Waals surface area (Å²) in [5.74, 6) is 5.93. The van der Waals surface area contributed by atoms with E-state index in [1.54, 1.807) is 0 Å². The lowest BCUT2D eigenvalue weighted by atomic mass is 9.88. The Morgan fingerprint density at radius 2 is 1.00 bits per heavy atom. The maximum absolute atomic E-state index is 8.88.